The largest absolute Gasteiger partial charge is 0.481 e. The lowest BCUT2D eigenvalue weighted by molar-refractivity contribution is -0.387. The van der Waals surface area contributed by atoms with Crippen molar-refractivity contribution >= 4 is 56.6 Å². The minimum absolute atomic E-state index is 0.0966. The Morgan fingerprint density at radius 1 is 1.32 bits per heavy atom. The van der Waals surface area contributed by atoms with Crippen LogP contribution in [-0.4, -0.2) is 35.7 Å². The first kappa shape index (κ1) is 20.7. The van der Waals surface area contributed by atoms with Gasteiger partial charge < -0.3 is 9.67 Å². The summed E-state index contributed by atoms with van der Waals surface area (Å²) in [6.07, 6.45) is 2.90. The van der Waals surface area contributed by atoms with Crippen LogP contribution < -0.4 is 0 Å². The van der Waals surface area contributed by atoms with Gasteiger partial charge in [0.2, 0.25) is 0 Å². The van der Waals surface area contributed by atoms with Crippen LogP contribution in [0.5, 0.6) is 0 Å². The Balaban J connectivity index is 1.74. The summed E-state index contributed by atoms with van der Waals surface area (Å²) in [7, 11) is 1.75. The van der Waals surface area contributed by atoms with Crippen molar-refractivity contribution in [2.75, 3.05) is 0 Å². The Morgan fingerprint density at radius 3 is 2.81 bits per heavy atom. The fourth-order valence-corrected chi connectivity index (χ4v) is 4.71. The lowest BCUT2D eigenvalue weighted by Gasteiger charge is -2.05. The normalized spacial score (nSPS) is 11.7. The van der Waals surface area contributed by atoms with Crippen LogP contribution in [0.1, 0.15) is 17.0 Å². The number of carboxylic acids is 1. The number of hydrogen-bond acceptors (Lipinski definition) is 8. The summed E-state index contributed by atoms with van der Waals surface area (Å²) in [4.78, 5) is 27.6. The van der Waals surface area contributed by atoms with Gasteiger partial charge in [0, 0.05) is 13.1 Å². The van der Waals surface area contributed by atoms with Gasteiger partial charge in [-0.25, -0.2) is 4.98 Å². The molecule has 0 radical (unpaired) electrons. The first-order chi connectivity index (χ1) is 14.9. The third-order valence-corrected chi connectivity index (χ3v) is 6.53. The summed E-state index contributed by atoms with van der Waals surface area (Å²) in [6, 6.07) is 12.3. The zero-order valence-electron chi connectivity index (χ0n) is 16.1. The van der Waals surface area contributed by atoms with E-state index >= 15 is 0 Å². The number of nitrogens with zero attached hydrogens (tertiary/aromatic N) is 5. The van der Waals surface area contributed by atoms with Crippen molar-refractivity contribution < 1.29 is 14.8 Å². The molecule has 11 heteroatoms. The highest BCUT2D eigenvalue weighted by atomic mass is 32.2. The van der Waals surface area contributed by atoms with Gasteiger partial charge in [-0.05, 0) is 47.2 Å². The summed E-state index contributed by atoms with van der Waals surface area (Å²) in [5, 5.41) is 29.8. The zero-order chi connectivity index (χ0) is 22.0. The van der Waals surface area contributed by atoms with E-state index in [-0.39, 0.29) is 12.1 Å². The summed E-state index contributed by atoms with van der Waals surface area (Å²) in [5.41, 5.74) is 1.68. The molecule has 0 aliphatic carbocycles. The Hall–Kier alpha value is -3.57. The number of thiazole rings is 1. The minimum Gasteiger partial charge on any atom is -0.481 e. The highest BCUT2D eigenvalue weighted by molar-refractivity contribution is 7.99. The van der Waals surface area contributed by atoms with E-state index in [9.17, 15) is 20.0 Å². The van der Waals surface area contributed by atoms with Gasteiger partial charge >= 0.3 is 5.97 Å². The molecule has 0 saturated carbocycles. The van der Waals surface area contributed by atoms with Crippen LogP contribution in [0.15, 0.2) is 58.8 Å². The number of aryl methyl sites for hydroxylation is 1. The molecule has 0 fully saturated rings. The predicted molar refractivity (Wildman–Crippen MR) is 118 cm³/mol. The van der Waals surface area contributed by atoms with E-state index in [4.69, 9.17) is 0 Å². The van der Waals surface area contributed by atoms with E-state index in [1.807, 2.05) is 24.3 Å². The van der Waals surface area contributed by atoms with E-state index < -0.39 is 10.9 Å². The van der Waals surface area contributed by atoms with E-state index in [0.717, 1.165) is 22.0 Å². The number of carbonyl (C=O) groups is 1. The number of aromatic nitrogens is 4. The maximum Gasteiger partial charge on any atom is 0.307 e. The highest BCUT2D eigenvalue weighted by Crippen LogP contribution is 2.36. The fourth-order valence-electron chi connectivity index (χ4n) is 2.88. The molecule has 0 unspecified atom stereocenters. The van der Waals surface area contributed by atoms with Crippen molar-refractivity contribution in [2.24, 2.45) is 7.05 Å². The van der Waals surface area contributed by atoms with E-state index in [2.05, 4.69) is 15.2 Å². The zero-order valence-corrected chi connectivity index (χ0v) is 17.8. The molecular weight excluding hydrogens is 438 g/mol. The smallest absolute Gasteiger partial charge is 0.307 e. The Morgan fingerprint density at radius 2 is 2.13 bits per heavy atom. The van der Waals surface area contributed by atoms with Crippen molar-refractivity contribution in [1.82, 2.24) is 19.7 Å². The molecule has 156 valence electrons. The second-order valence-electron chi connectivity index (χ2n) is 6.54. The number of rotatable bonds is 7. The number of aliphatic carboxylic acids is 1. The molecule has 9 nitrogen and oxygen atoms in total. The molecule has 4 rings (SSSR count). The fraction of sp³-hybridized carbons (Fsp3) is 0.100. The molecule has 2 aromatic heterocycles. The predicted octanol–water partition coefficient (Wildman–Crippen LogP) is 4.50. The molecule has 0 atom stereocenters. The van der Waals surface area contributed by atoms with Crippen molar-refractivity contribution in [3.8, 4) is 0 Å². The maximum absolute atomic E-state index is 11.7. The minimum atomic E-state index is -1.01. The van der Waals surface area contributed by atoms with E-state index in [1.54, 1.807) is 29.8 Å². The van der Waals surface area contributed by atoms with Gasteiger partial charge in [-0.2, -0.15) is 0 Å². The van der Waals surface area contributed by atoms with Crippen LogP contribution in [0, 0.1) is 10.1 Å². The molecule has 0 saturated heterocycles. The number of para-hydroxylation sites is 1. The first-order valence-electron chi connectivity index (χ1n) is 8.99. The number of carboxylic acid groups (broad SMARTS) is 1. The monoisotopic (exact) mass is 453 g/mol. The first-order valence-corrected chi connectivity index (χ1v) is 10.6. The van der Waals surface area contributed by atoms with Crippen LogP contribution in [-0.2, 0) is 11.8 Å². The van der Waals surface area contributed by atoms with Crippen LogP contribution in [0.3, 0.4) is 0 Å². The quantitative estimate of drug-likeness (QED) is 0.320. The van der Waals surface area contributed by atoms with Crippen molar-refractivity contribution in [1.29, 1.82) is 0 Å². The van der Waals surface area contributed by atoms with E-state index in [0.29, 0.717) is 26.2 Å². The summed E-state index contributed by atoms with van der Waals surface area (Å²) in [6.45, 7) is 0. The van der Waals surface area contributed by atoms with Crippen LogP contribution >= 0.6 is 23.1 Å². The van der Waals surface area contributed by atoms with Gasteiger partial charge in [-0.1, -0.05) is 18.2 Å². The lowest BCUT2D eigenvalue weighted by atomic mass is 10.1. The lowest BCUT2D eigenvalue weighted by Crippen LogP contribution is -1.97. The number of hydrogen-bond donors (Lipinski definition) is 1. The van der Waals surface area contributed by atoms with Crippen LogP contribution in [0.2, 0.25) is 0 Å². The Kier molecular flexibility index (Phi) is 5.78. The van der Waals surface area contributed by atoms with Crippen molar-refractivity contribution in [2.45, 2.75) is 16.5 Å². The average molecular weight is 454 g/mol. The maximum atomic E-state index is 11.7. The topological polar surface area (TPSA) is 124 Å². The van der Waals surface area contributed by atoms with Gasteiger partial charge in [0.15, 0.2) is 5.16 Å². The molecule has 1 N–H and O–H groups in total. The van der Waals surface area contributed by atoms with E-state index in [1.165, 1.54) is 23.7 Å². The molecule has 2 aromatic carbocycles. The summed E-state index contributed by atoms with van der Waals surface area (Å²) in [5.74, 6) is -1.01. The standard InChI is InChI=1S/C20H15N5O4S2/c1-24-11-21-23-20(24)31-17-7-6-12(9-15(17)25(28)29)8-13(10-18(26)27)19-22-14-4-2-3-5-16(14)30-19/h2-9,11H,10H2,1H3,(H,26,27)/b13-8+. The Bertz CT molecular complexity index is 1300. The number of fused-ring (bicyclic) bond motifs is 1. The third-order valence-electron chi connectivity index (χ3n) is 4.30. The number of benzene rings is 2. The molecular formula is C20H15N5O4S2. The summed E-state index contributed by atoms with van der Waals surface area (Å²) >= 11 is 2.52. The summed E-state index contributed by atoms with van der Waals surface area (Å²) < 4.78 is 2.61. The SMILES string of the molecule is Cn1cnnc1Sc1ccc(/C=C(\CC(=O)O)c2nc3ccccc3s2)cc1[N+](=O)[O-]. The van der Waals surface area contributed by atoms with Gasteiger partial charge in [-0.3, -0.25) is 14.9 Å². The number of nitro benzene ring substituents is 1. The Labute approximate surface area is 184 Å². The number of nitro groups is 1. The molecule has 0 bridgehead atoms. The second kappa shape index (κ2) is 8.66. The second-order valence-corrected chi connectivity index (χ2v) is 8.58. The van der Waals surface area contributed by atoms with Crippen LogP contribution in [0.25, 0.3) is 21.9 Å². The molecule has 0 aliphatic heterocycles. The molecule has 0 amide bonds. The van der Waals surface area contributed by atoms with Gasteiger partial charge in [0.05, 0.1) is 26.5 Å². The molecule has 4 aromatic rings. The van der Waals surface area contributed by atoms with Crippen LogP contribution in [0.4, 0.5) is 5.69 Å². The van der Waals surface area contributed by atoms with Gasteiger partial charge in [-0.15, -0.1) is 21.5 Å². The molecule has 0 spiro atoms. The molecule has 0 aliphatic rings. The molecule has 2 heterocycles. The third kappa shape index (κ3) is 4.62. The van der Waals surface area contributed by atoms with Gasteiger partial charge in [0.1, 0.15) is 11.3 Å². The van der Waals surface area contributed by atoms with Gasteiger partial charge in [0.25, 0.3) is 5.69 Å². The average Bonchev–Trinajstić information content (AvgIpc) is 3.34. The molecule has 31 heavy (non-hydrogen) atoms. The highest BCUT2D eigenvalue weighted by Gasteiger charge is 2.19. The van der Waals surface area contributed by atoms with Crippen molar-refractivity contribution in [3.05, 3.63) is 69.5 Å². The van der Waals surface area contributed by atoms with Crippen molar-refractivity contribution in [3.63, 3.8) is 0 Å².